The lowest BCUT2D eigenvalue weighted by atomic mass is 10.2. The largest absolute Gasteiger partial charge is 0.381 e. The molecule has 2 rings (SSSR count). The molecule has 0 unspecified atom stereocenters. The molecule has 0 atom stereocenters. The molecule has 1 amide bonds. The highest BCUT2D eigenvalue weighted by Crippen LogP contribution is 2.28. The number of ether oxygens (including phenoxy) is 1. The summed E-state index contributed by atoms with van der Waals surface area (Å²) in [4.78, 5) is 15.7. The van der Waals surface area contributed by atoms with E-state index in [1.807, 2.05) is 0 Å². The van der Waals surface area contributed by atoms with Crippen LogP contribution < -0.4 is 5.32 Å². The van der Waals surface area contributed by atoms with Gasteiger partial charge >= 0.3 is 0 Å². The van der Waals surface area contributed by atoms with Crippen LogP contribution in [0.1, 0.15) is 29.6 Å². The standard InChI is InChI=1S/C13H17BrN2O2/c14-12-8-11(4-6-15-12)13(17)16-5-1-7-18-9-10-2-3-10/h4,6,8,10H,1-3,5,7,9H2,(H,16,17). The molecule has 1 aliphatic carbocycles. The maximum Gasteiger partial charge on any atom is 0.251 e. The van der Waals surface area contributed by atoms with E-state index in [9.17, 15) is 4.79 Å². The van der Waals surface area contributed by atoms with Gasteiger partial charge in [0.1, 0.15) is 4.60 Å². The quantitative estimate of drug-likeness (QED) is 0.621. The average molecular weight is 313 g/mol. The number of rotatable bonds is 7. The lowest BCUT2D eigenvalue weighted by Crippen LogP contribution is -2.25. The summed E-state index contributed by atoms with van der Waals surface area (Å²) >= 11 is 3.24. The SMILES string of the molecule is O=C(NCCCOCC1CC1)c1ccnc(Br)c1. The molecule has 1 N–H and O–H groups in total. The Labute approximate surface area is 115 Å². The Bertz CT molecular complexity index is 408. The fraction of sp³-hybridized carbons (Fsp3) is 0.538. The molecule has 5 heteroatoms. The minimum atomic E-state index is -0.0692. The molecule has 1 heterocycles. The van der Waals surface area contributed by atoms with Gasteiger partial charge in [0.15, 0.2) is 0 Å². The van der Waals surface area contributed by atoms with Gasteiger partial charge in [0.05, 0.1) is 0 Å². The van der Waals surface area contributed by atoms with Crippen LogP contribution in [0, 0.1) is 5.92 Å². The third-order valence-corrected chi connectivity index (χ3v) is 3.22. The highest BCUT2D eigenvalue weighted by molar-refractivity contribution is 9.10. The Hall–Kier alpha value is -0.940. The number of pyridine rings is 1. The third kappa shape index (κ3) is 4.74. The minimum Gasteiger partial charge on any atom is -0.381 e. The van der Waals surface area contributed by atoms with E-state index in [1.165, 1.54) is 12.8 Å². The molecular weight excluding hydrogens is 296 g/mol. The van der Waals surface area contributed by atoms with Crippen molar-refractivity contribution in [2.24, 2.45) is 5.92 Å². The van der Waals surface area contributed by atoms with Crippen LogP contribution in [0.4, 0.5) is 0 Å². The smallest absolute Gasteiger partial charge is 0.251 e. The van der Waals surface area contributed by atoms with Gasteiger partial charge in [-0.3, -0.25) is 4.79 Å². The minimum absolute atomic E-state index is 0.0692. The van der Waals surface area contributed by atoms with Crippen LogP contribution in [-0.2, 0) is 4.74 Å². The first-order valence-electron chi connectivity index (χ1n) is 6.23. The number of carbonyl (C=O) groups is 1. The normalized spacial score (nSPS) is 14.5. The Morgan fingerprint density at radius 1 is 1.56 bits per heavy atom. The second kappa shape index (κ2) is 6.85. The van der Waals surface area contributed by atoms with E-state index in [1.54, 1.807) is 18.3 Å². The van der Waals surface area contributed by atoms with Gasteiger partial charge in [-0.1, -0.05) is 0 Å². The van der Waals surface area contributed by atoms with Crippen LogP contribution in [-0.4, -0.2) is 30.6 Å². The van der Waals surface area contributed by atoms with Crippen molar-refractivity contribution in [2.75, 3.05) is 19.8 Å². The fourth-order valence-corrected chi connectivity index (χ4v) is 1.92. The van der Waals surface area contributed by atoms with E-state index in [4.69, 9.17) is 4.74 Å². The van der Waals surface area contributed by atoms with E-state index < -0.39 is 0 Å². The topological polar surface area (TPSA) is 51.2 Å². The van der Waals surface area contributed by atoms with Crippen molar-refractivity contribution in [1.29, 1.82) is 0 Å². The second-order valence-corrected chi connectivity index (χ2v) is 5.31. The molecule has 4 nitrogen and oxygen atoms in total. The summed E-state index contributed by atoms with van der Waals surface area (Å²) < 4.78 is 6.16. The van der Waals surface area contributed by atoms with Crippen LogP contribution in [0.25, 0.3) is 0 Å². The average Bonchev–Trinajstić information content (AvgIpc) is 3.17. The maximum absolute atomic E-state index is 11.7. The molecule has 0 aliphatic heterocycles. The molecule has 0 aromatic carbocycles. The second-order valence-electron chi connectivity index (χ2n) is 4.49. The Morgan fingerprint density at radius 2 is 2.39 bits per heavy atom. The van der Waals surface area contributed by atoms with Crippen LogP contribution in [0.3, 0.4) is 0 Å². The molecule has 1 aromatic heterocycles. The van der Waals surface area contributed by atoms with Crippen molar-refractivity contribution >= 4 is 21.8 Å². The molecule has 1 fully saturated rings. The van der Waals surface area contributed by atoms with Gasteiger partial charge in [0.25, 0.3) is 5.91 Å². The van der Waals surface area contributed by atoms with Crippen molar-refractivity contribution < 1.29 is 9.53 Å². The van der Waals surface area contributed by atoms with E-state index in [2.05, 4.69) is 26.2 Å². The highest BCUT2D eigenvalue weighted by Gasteiger charge is 2.20. The number of carbonyl (C=O) groups excluding carboxylic acids is 1. The molecule has 0 saturated heterocycles. The van der Waals surface area contributed by atoms with Gasteiger partial charge in [-0.15, -0.1) is 0 Å². The molecule has 1 saturated carbocycles. The third-order valence-electron chi connectivity index (χ3n) is 2.79. The molecule has 0 spiro atoms. The number of halogens is 1. The summed E-state index contributed by atoms with van der Waals surface area (Å²) in [7, 11) is 0. The predicted octanol–water partition coefficient (Wildman–Crippen LogP) is 2.39. The monoisotopic (exact) mass is 312 g/mol. The van der Waals surface area contributed by atoms with E-state index in [-0.39, 0.29) is 5.91 Å². The summed E-state index contributed by atoms with van der Waals surface area (Å²) in [5, 5.41) is 2.86. The van der Waals surface area contributed by atoms with Crippen LogP contribution in [0.5, 0.6) is 0 Å². The molecule has 1 aromatic rings. The van der Waals surface area contributed by atoms with Crippen molar-refractivity contribution in [2.45, 2.75) is 19.3 Å². The van der Waals surface area contributed by atoms with Crippen LogP contribution in [0.15, 0.2) is 22.9 Å². The fourth-order valence-electron chi connectivity index (χ4n) is 1.56. The number of nitrogens with one attached hydrogen (secondary N) is 1. The molecule has 0 bridgehead atoms. The maximum atomic E-state index is 11.7. The molecule has 0 radical (unpaired) electrons. The Kier molecular flexibility index (Phi) is 5.13. The number of aromatic nitrogens is 1. The molecular formula is C13H17BrN2O2. The van der Waals surface area contributed by atoms with E-state index >= 15 is 0 Å². The van der Waals surface area contributed by atoms with Gasteiger partial charge in [-0.25, -0.2) is 4.98 Å². The lowest BCUT2D eigenvalue weighted by molar-refractivity contribution is 0.0937. The zero-order valence-corrected chi connectivity index (χ0v) is 11.8. The Morgan fingerprint density at radius 3 is 3.11 bits per heavy atom. The van der Waals surface area contributed by atoms with Crippen molar-refractivity contribution in [3.8, 4) is 0 Å². The summed E-state index contributed by atoms with van der Waals surface area (Å²) in [6.45, 7) is 2.24. The van der Waals surface area contributed by atoms with Gasteiger partial charge in [-0.2, -0.15) is 0 Å². The first kappa shape index (κ1) is 13.5. The summed E-state index contributed by atoms with van der Waals surface area (Å²) in [5.74, 6) is 0.731. The predicted molar refractivity (Wildman–Crippen MR) is 72.4 cm³/mol. The number of hydrogen-bond donors (Lipinski definition) is 1. The summed E-state index contributed by atoms with van der Waals surface area (Å²) in [5.41, 5.74) is 0.621. The summed E-state index contributed by atoms with van der Waals surface area (Å²) in [6.07, 6.45) is 5.09. The van der Waals surface area contributed by atoms with E-state index in [0.717, 1.165) is 25.6 Å². The molecule has 1 aliphatic rings. The van der Waals surface area contributed by atoms with Gasteiger partial charge in [0, 0.05) is 31.5 Å². The zero-order chi connectivity index (χ0) is 12.8. The van der Waals surface area contributed by atoms with Crippen LogP contribution >= 0.6 is 15.9 Å². The first-order chi connectivity index (χ1) is 8.75. The lowest BCUT2D eigenvalue weighted by Gasteiger charge is -2.06. The van der Waals surface area contributed by atoms with Gasteiger partial charge in [-0.05, 0) is 53.2 Å². The number of nitrogens with zero attached hydrogens (tertiary/aromatic N) is 1. The number of hydrogen-bond acceptors (Lipinski definition) is 3. The van der Waals surface area contributed by atoms with Crippen LogP contribution in [0.2, 0.25) is 0 Å². The van der Waals surface area contributed by atoms with E-state index in [0.29, 0.717) is 16.7 Å². The van der Waals surface area contributed by atoms with Gasteiger partial charge < -0.3 is 10.1 Å². The zero-order valence-electron chi connectivity index (χ0n) is 10.2. The Balaban J connectivity index is 1.59. The summed E-state index contributed by atoms with van der Waals surface area (Å²) in [6, 6.07) is 3.41. The van der Waals surface area contributed by atoms with Crippen molar-refractivity contribution in [3.05, 3.63) is 28.5 Å². The molecule has 18 heavy (non-hydrogen) atoms. The molecule has 98 valence electrons. The van der Waals surface area contributed by atoms with Crippen molar-refractivity contribution in [1.82, 2.24) is 10.3 Å². The van der Waals surface area contributed by atoms with Crippen molar-refractivity contribution in [3.63, 3.8) is 0 Å². The first-order valence-corrected chi connectivity index (χ1v) is 7.02. The number of amides is 1. The van der Waals surface area contributed by atoms with Gasteiger partial charge in [0.2, 0.25) is 0 Å². The highest BCUT2D eigenvalue weighted by atomic mass is 79.9.